The van der Waals surface area contributed by atoms with Crippen LogP contribution in [0.1, 0.15) is 11.4 Å². The molecule has 3 nitrogen and oxygen atoms in total. The summed E-state index contributed by atoms with van der Waals surface area (Å²) in [5.74, 6) is 0.194. The summed E-state index contributed by atoms with van der Waals surface area (Å²) < 4.78 is 16.2. The number of aryl methyl sites for hydroxylation is 2. The van der Waals surface area contributed by atoms with Gasteiger partial charge in [0.1, 0.15) is 5.82 Å². The van der Waals surface area contributed by atoms with Crippen LogP contribution in [0, 0.1) is 12.7 Å². The van der Waals surface area contributed by atoms with Crippen molar-refractivity contribution in [3.8, 4) is 0 Å². The van der Waals surface area contributed by atoms with Gasteiger partial charge >= 0.3 is 0 Å². The van der Waals surface area contributed by atoms with Gasteiger partial charge in [0.25, 0.3) is 0 Å². The number of aromatic nitrogens is 2. The van der Waals surface area contributed by atoms with Crippen LogP contribution in [0.25, 0.3) is 0 Å². The number of halogens is 2. The van der Waals surface area contributed by atoms with Crippen LogP contribution in [0.15, 0.2) is 33.6 Å². The van der Waals surface area contributed by atoms with E-state index in [1.54, 1.807) is 22.9 Å². The molecule has 1 N–H and O–H groups in total. The molecular weight excluding hydrogens is 343 g/mol. The third-order valence-corrected chi connectivity index (χ3v) is 5.18. The van der Waals surface area contributed by atoms with Crippen LogP contribution in [0.4, 0.5) is 4.39 Å². The third-order valence-electron chi connectivity index (χ3n) is 2.96. The van der Waals surface area contributed by atoms with E-state index in [0.717, 1.165) is 15.9 Å². The van der Waals surface area contributed by atoms with Gasteiger partial charge in [0.2, 0.25) is 0 Å². The van der Waals surface area contributed by atoms with E-state index in [9.17, 15) is 9.50 Å². The van der Waals surface area contributed by atoms with Gasteiger partial charge in [0.15, 0.2) is 0 Å². The lowest BCUT2D eigenvalue weighted by atomic mass is 10.2. The van der Waals surface area contributed by atoms with Crippen LogP contribution < -0.4 is 0 Å². The van der Waals surface area contributed by atoms with Crippen molar-refractivity contribution < 1.29 is 9.50 Å². The second kappa shape index (κ2) is 6.74. The van der Waals surface area contributed by atoms with Crippen molar-refractivity contribution in [1.82, 2.24) is 9.78 Å². The highest BCUT2D eigenvalue weighted by molar-refractivity contribution is 9.10. The molecule has 1 aromatic heterocycles. The molecule has 1 aromatic carbocycles. The highest BCUT2D eigenvalue weighted by atomic mass is 79.9. The van der Waals surface area contributed by atoms with Crippen LogP contribution in [0.5, 0.6) is 0 Å². The van der Waals surface area contributed by atoms with E-state index in [-0.39, 0.29) is 5.82 Å². The Morgan fingerprint density at radius 3 is 2.75 bits per heavy atom. The Labute approximate surface area is 130 Å². The Balaban J connectivity index is 1.96. The predicted octanol–water partition coefficient (Wildman–Crippen LogP) is 3.33. The maximum atomic E-state index is 13.5. The van der Waals surface area contributed by atoms with E-state index in [4.69, 9.17) is 0 Å². The van der Waals surface area contributed by atoms with Crippen LogP contribution >= 0.6 is 27.7 Å². The summed E-state index contributed by atoms with van der Waals surface area (Å²) in [5, 5.41) is 14.4. The first-order valence-electron chi connectivity index (χ1n) is 6.22. The Hall–Kier alpha value is -0.850. The molecule has 0 radical (unpaired) electrons. The van der Waals surface area contributed by atoms with Crippen LogP contribution in [0.2, 0.25) is 0 Å². The van der Waals surface area contributed by atoms with Gasteiger partial charge in [-0.05, 0) is 35.0 Å². The third kappa shape index (κ3) is 3.62. The first-order valence-corrected chi connectivity index (χ1v) is 8.00. The minimum Gasteiger partial charge on any atom is -0.392 e. The standard InChI is InChI=1S/C14H16BrFN2OS/c1-9-14(15)12(18(2)17-9)7-10(19)8-20-13-6-4-3-5-11(13)16/h3-6,10,19H,7-8H2,1-2H3. The Kier molecular flexibility index (Phi) is 5.23. The maximum Gasteiger partial charge on any atom is 0.136 e. The monoisotopic (exact) mass is 358 g/mol. The van der Waals surface area contributed by atoms with E-state index >= 15 is 0 Å². The zero-order chi connectivity index (χ0) is 14.7. The average Bonchev–Trinajstić information content (AvgIpc) is 2.64. The van der Waals surface area contributed by atoms with Crippen LogP contribution in [-0.4, -0.2) is 26.7 Å². The minimum absolute atomic E-state index is 0.248. The lowest BCUT2D eigenvalue weighted by Crippen LogP contribution is -2.16. The molecule has 1 heterocycles. The maximum absolute atomic E-state index is 13.5. The molecule has 0 saturated heterocycles. The van der Waals surface area contributed by atoms with Gasteiger partial charge in [-0.1, -0.05) is 12.1 Å². The second-order valence-electron chi connectivity index (χ2n) is 4.57. The number of thioether (sulfide) groups is 1. The first kappa shape index (κ1) is 15.5. The predicted molar refractivity (Wildman–Crippen MR) is 82.5 cm³/mol. The van der Waals surface area contributed by atoms with Crippen molar-refractivity contribution in [2.75, 3.05) is 5.75 Å². The number of aliphatic hydroxyl groups is 1. The van der Waals surface area contributed by atoms with Crippen molar-refractivity contribution in [3.63, 3.8) is 0 Å². The van der Waals surface area contributed by atoms with Crippen molar-refractivity contribution in [1.29, 1.82) is 0 Å². The van der Waals surface area contributed by atoms with E-state index in [0.29, 0.717) is 17.1 Å². The highest BCUT2D eigenvalue weighted by Crippen LogP contribution is 2.25. The molecule has 0 aliphatic rings. The molecule has 0 bridgehead atoms. The molecule has 2 rings (SSSR count). The number of rotatable bonds is 5. The number of aliphatic hydroxyl groups excluding tert-OH is 1. The Bertz CT molecular complexity index is 603. The summed E-state index contributed by atoms with van der Waals surface area (Å²) in [6, 6.07) is 6.59. The molecule has 2 aromatic rings. The lowest BCUT2D eigenvalue weighted by molar-refractivity contribution is 0.197. The highest BCUT2D eigenvalue weighted by Gasteiger charge is 2.15. The molecule has 0 fully saturated rings. The SMILES string of the molecule is Cc1nn(C)c(CC(O)CSc2ccccc2F)c1Br. The molecule has 0 amide bonds. The fraction of sp³-hybridized carbons (Fsp3) is 0.357. The normalized spacial score (nSPS) is 12.7. The summed E-state index contributed by atoms with van der Waals surface area (Å²) in [4.78, 5) is 0.562. The van der Waals surface area contributed by atoms with Crippen LogP contribution in [0.3, 0.4) is 0 Å². The number of hydrogen-bond donors (Lipinski definition) is 1. The Morgan fingerprint density at radius 2 is 2.15 bits per heavy atom. The number of nitrogens with zero attached hydrogens (tertiary/aromatic N) is 2. The van der Waals surface area contributed by atoms with E-state index < -0.39 is 6.10 Å². The summed E-state index contributed by atoms with van der Waals surface area (Å²) in [7, 11) is 1.85. The smallest absolute Gasteiger partial charge is 0.136 e. The number of benzene rings is 1. The quantitative estimate of drug-likeness (QED) is 0.833. The fourth-order valence-corrected chi connectivity index (χ4v) is 3.30. The van der Waals surface area contributed by atoms with E-state index in [1.807, 2.05) is 14.0 Å². The van der Waals surface area contributed by atoms with Gasteiger partial charge in [-0.3, -0.25) is 4.68 Å². The lowest BCUT2D eigenvalue weighted by Gasteiger charge is -2.11. The molecule has 1 unspecified atom stereocenters. The summed E-state index contributed by atoms with van der Waals surface area (Å²) in [6.07, 6.45) is -0.0648. The van der Waals surface area contributed by atoms with Gasteiger partial charge in [0, 0.05) is 24.1 Å². The molecule has 6 heteroatoms. The van der Waals surface area contributed by atoms with Crippen molar-refractivity contribution in [2.24, 2.45) is 7.05 Å². The average molecular weight is 359 g/mol. The van der Waals surface area contributed by atoms with Crippen LogP contribution in [-0.2, 0) is 13.5 Å². The fourth-order valence-electron chi connectivity index (χ4n) is 1.93. The van der Waals surface area contributed by atoms with E-state index in [1.165, 1.54) is 17.8 Å². The number of hydrogen-bond acceptors (Lipinski definition) is 3. The van der Waals surface area contributed by atoms with Gasteiger partial charge in [-0.15, -0.1) is 11.8 Å². The summed E-state index contributed by atoms with van der Waals surface area (Å²) in [6.45, 7) is 1.91. The molecule has 108 valence electrons. The van der Waals surface area contributed by atoms with Gasteiger partial charge < -0.3 is 5.11 Å². The molecule has 0 aliphatic heterocycles. The van der Waals surface area contributed by atoms with Gasteiger partial charge in [-0.2, -0.15) is 5.10 Å². The molecule has 0 aliphatic carbocycles. The molecular formula is C14H16BrFN2OS. The first-order chi connectivity index (χ1) is 9.49. The molecule has 0 spiro atoms. The molecule has 20 heavy (non-hydrogen) atoms. The second-order valence-corrected chi connectivity index (χ2v) is 6.42. The molecule has 0 saturated carbocycles. The topological polar surface area (TPSA) is 38.0 Å². The van der Waals surface area contributed by atoms with Crippen molar-refractivity contribution in [2.45, 2.75) is 24.3 Å². The zero-order valence-electron chi connectivity index (χ0n) is 11.3. The Morgan fingerprint density at radius 1 is 1.45 bits per heavy atom. The minimum atomic E-state index is -0.550. The molecule has 1 atom stereocenters. The summed E-state index contributed by atoms with van der Waals surface area (Å²) in [5.41, 5.74) is 1.85. The van der Waals surface area contributed by atoms with Crippen molar-refractivity contribution in [3.05, 3.63) is 45.9 Å². The van der Waals surface area contributed by atoms with E-state index in [2.05, 4.69) is 21.0 Å². The van der Waals surface area contributed by atoms with Crippen molar-refractivity contribution >= 4 is 27.7 Å². The summed E-state index contributed by atoms with van der Waals surface area (Å²) >= 11 is 4.80. The largest absolute Gasteiger partial charge is 0.392 e. The van der Waals surface area contributed by atoms with Gasteiger partial charge in [0.05, 0.1) is 22.0 Å². The zero-order valence-corrected chi connectivity index (χ0v) is 13.7. The van der Waals surface area contributed by atoms with Gasteiger partial charge in [-0.25, -0.2) is 4.39 Å².